The van der Waals surface area contributed by atoms with Crippen molar-refractivity contribution in [1.29, 1.82) is 0 Å². The number of rotatable bonds is 5. The molecule has 1 aliphatic rings. The number of ether oxygens (including phenoxy) is 1. The fourth-order valence-electron chi connectivity index (χ4n) is 1.99. The largest absolute Gasteiger partial charge is 0.465 e. The smallest absolute Gasteiger partial charge is 0.308 e. The van der Waals surface area contributed by atoms with Gasteiger partial charge in [0.1, 0.15) is 0 Å². The lowest BCUT2D eigenvalue weighted by molar-refractivity contribution is -0.150. The molecular weight excluding hydrogens is 228 g/mol. The zero-order chi connectivity index (χ0) is 12.0. The Kier molecular flexibility index (Phi) is 5.81. The third-order valence-corrected chi connectivity index (χ3v) is 3.43. The van der Waals surface area contributed by atoms with Crippen molar-refractivity contribution in [1.82, 2.24) is 0 Å². The number of esters is 1. The van der Waals surface area contributed by atoms with E-state index in [1.807, 2.05) is 0 Å². The van der Waals surface area contributed by atoms with Crippen LogP contribution in [0.15, 0.2) is 0 Å². The van der Waals surface area contributed by atoms with E-state index in [9.17, 15) is 9.59 Å². The quantitative estimate of drug-likeness (QED) is 0.426. The van der Waals surface area contributed by atoms with Gasteiger partial charge in [-0.15, -0.1) is 0 Å². The molecule has 92 valence electrons. The Morgan fingerprint density at radius 1 is 1.19 bits per heavy atom. The molecule has 0 bridgehead atoms. The fraction of sp³-hybridized carbons (Fsp3) is 0.833. The van der Waals surface area contributed by atoms with Crippen LogP contribution in [0.25, 0.3) is 0 Å². The lowest BCUT2D eigenvalue weighted by Crippen LogP contribution is -2.26. The van der Waals surface area contributed by atoms with E-state index in [2.05, 4.69) is 6.92 Å². The molecule has 0 aromatic heterocycles. The van der Waals surface area contributed by atoms with Crippen molar-refractivity contribution in [3.8, 4) is 0 Å². The van der Waals surface area contributed by atoms with Crippen molar-refractivity contribution < 1.29 is 14.3 Å². The Hall–Kier alpha value is -0.570. The van der Waals surface area contributed by atoms with Crippen molar-refractivity contribution >= 4 is 22.8 Å². The number of hydrogen-bond acceptors (Lipinski definition) is 3. The molecule has 0 aromatic carbocycles. The minimum atomic E-state index is -0.266. The predicted octanol–water partition coefficient (Wildman–Crippen LogP) is 2.90. The summed E-state index contributed by atoms with van der Waals surface area (Å²) < 4.78 is 5.16. The minimum Gasteiger partial charge on any atom is -0.465 e. The van der Waals surface area contributed by atoms with Gasteiger partial charge < -0.3 is 4.74 Å². The van der Waals surface area contributed by atoms with Crippen LogP contribution >= 0.6 is 11.6 Å². The summed E-state index contributed by atoms with van der Waals surface area (Å²) in [5, 5.41) is -0.266. The number of halogens is 1. The number of unbranched alkanes of at least 4 members (excludes halogenated alkanes) is 1. The van der Waals surface area contributed by atoms with Crippen molar-refractivity contribution in [3.63, 3.8) is 0 Å². The molecule has 0 amide bonds. The molecule has 0 aromatic rings. The molecule has 0 saturated heterocycles. The average molecular weight is 247 g/mol. The summed E-state index contributed by atoms with van der Waals surface area (Å²) in [6.07, 6.45) is 4.84. The van der Waals surface area contributed by atoms with Crippen LogP contribution in [0.5, 0.6) is 0 Å². The highest BCUT2D eigenvalue weighted by atomic mass is 35.5. The van der Waals surface area contributed by atoms with Crippen molar-refractivity contribution in [3.05, 3.63) is 0 Å². The van der Waals surface area contributed by atoms with Gasteiger partial charge in [-0.3, -0.25) is 9.59 Å². The summed E-state index contributed by atoms with van der Waals surface area (Å²) in [7, 11) is 0. The molecule has 1 rings (SSSR count). The summed E-state index contributed by atoms with van der Waals surface area (Å²) in [5.74, 6) is -0.181. The van der Waals surface area contributed by atoms with E-state index in [0.29, 0.717) is 6.61 Å². The first-order chi connectivity index (χ1) is 7.65. The molecule has 3 nitrogen and oxygen atoms in total. The first-order valence-electron chi connectivity index (χ1n) is 6.01. The van der Waals surface area contributed by atoms with Crippen LogP contribution in [0.1, 0.15) is 45.4 Å². The highest BCUT2D eigenvalue weighted by Crippen LogP contribution is 2.30. The Balaban J connectivity index is 2.25. The van der Waals surface area contributed by atoms with E-state index in [4.69, 9.17) is 16.3 Å². The van der Waals surface area contributed by atoms with E-state index in [0.717, 1.165) is 38.5 Å². The predicted molar refractivity (Wildman–Crippen MR) is 62.2 cm³/mol. The summed E-state index contributed by atoms with van der Waals surface area (Å²) in [6, 6.07) is 0. The Morgan fingerprint density at radius 3 is 2.25 bits per heavy atom. The number of carbonyl (C=O) groups is 2. The average Bonchev–Trinajstić information content (AvgIpc) is 2.29. The normalized spacial score (nSPS) is 25.1. The van der Waals surface area contributed by atoms with Crippen LogP contribution in [-0.2, 0) is 14.3 Å². The Labute approximate surface area is 101 Å². The van der Waals surface area contributed by atoms with Gasteiger partial charge in [-0.1, -0.05) is 13.3 Å². The van der Waals surface area contributed by atoms with E-state index < -0.39 is 0 Å². The maximum absolute atomic E-state index is 11.6. The van der Waals surface area contributed by atoms with Crippen LogP contribution in [-0.4, -0.2) is 17.8 Å². The second-order valence-corrected chi connectivity index (χ2v) is 4.75. The van der Waals surface area contributed by atoms with Crippen molar-refractivity contribution in [2.75, 3.05) is 6.61 Å². The maximum Gasteiger partial charge on any atom is 0.308 e. The summed E-state index contributed by atoms with van der Waals surface area (Å²) in [6.45, 7) is 2.58. The van der Waals surface area contributed by atoms with Crippen LogP contribution in [0, 0.1) is 11.8 Å². The van der Waals surface area contributed by atoms with E-state index in [1.165, 1.54) is 0 Å². The molecule has 16 heavy (non-hydrogen) atoms. The second kappa shape index (κ2) is 6.89. The highest BCUT2D eigenvalue weighted by Gasteiger charge is 2.29. The molecule has 0 aliphatic heterocycles. The summed E-state index contributed by atoms with van der Waals surface area (Å²) >= 11 is 5.43. The molecule has 0 radical (unpaired) electrons. The van der Waals surface area contributed by atoms with Gasteiger partial charge in [-0.2, -0.15) is 0 Å². The third-order valence-electron chi connectivity index (χ3n) is 3.12. The van der Waals surface area contributed by atoms with Gasteiger partial charge in [-0.25, -0.2) is 0 Å². The number of hydrogen-bond donors (Lipinski definition) is 0. The minimum absolute atomic E-state index is 0.0240. The zero-order valence-corrected chi connectivity index (χ0v) is 10.5. The second-order valence-electron chi connectivity index (χ2n) is 4.37. The van der Waals surface area contributed by atoms with Crippen LogP contribution in [0.3, 0.4) is 0 Å². The molecule has 0 heterocycles. The van der Waals surface area contributed by atoms with Crippen LogP contribution in [0.4, 0.5) is 0 Å². The SMILES string of the molecule is CCCCOC(=O)C1CCC(C(=O)Cl)CC1. The Morgan fingerprint density at radius 2 is 1.75 bits per heavy atom. The first kappa shape index (κ1) is 13.5. The molecular formula is C12H19ClO3. The van der Waals surface area contributed by atoms with Crippen LogP contribution < -0.4 is 0 Å². The Bertz CT molecular complexity index is 245. The monoisotopic (exact) mass is 246 g/mol. The van der Waals surface area contributed by atoms with Gasteiger partial charge >= 0.3 is 5.97 Å². The summed E-state index contributed by atoms with van der Waals surface area (Å²) in [5.41, 5.74) is 0. The van der Waals surface area contributed by atoms with Gasteiger partial charge in [-0.05, 0) is 43.7 Å². The third kappa shape index (κ3) is 4.12. The lowest BCUT2D eigenvalue weighted by atomic mass is 9.83. The van der Waals surface area contributed by atoms with E-state index in [1.54, 1.807) is 0 Å². The lowest BCUT2D eigenvalue weighted by Gasteiger charge is -2.24. The topological polar surface area (TPSA) is 43.4 Å². The molecule has 0 atom stereocenters. The maximum atomic E-state index is 11.6. The van der Waals surface area contributed by atoms with Crippen LogP contribution in [0.2, 0.25) is 0 Å². The molecule has 1 saturated carbocycles. The molecule has 0 spiro atoms. The zero-order valence-electron chi connectivity index (χ0n) is 9.71. The fourth-order valence-corrected chi connectivity index (χ4v) is 2.21. The standard InChI is InChI=1S/C12H19ClO3/c1-2-3-8-16-12(15)10-6-4-9(5-7-10)11(13)14/h9-10H,2-8H2,1H3. The van der Waals surface area contributed by atoms with Gasteiger partial charge in [0.05, 0.1) is 12.5 Å². The molecule has 1 aliphatic carbocycles. The van der Waals surface area contributed by atoms with Gasteiger partial charge in [0.15, 0.2) is 0 Å². The van der Waals surface area contributed by atoms with Crippen molar-refractivity contribution in [2.24, 2.45) is 11.8 Å². The summed E-state index contributed by atoms with van der Waals surface area (Å²) in [4.78, 5) is 22.5. The van der Waals surface area contributed by atoms with Gasteiger partial charge in [0.25, 0.3) is 0 Å². The molecule has 4 heteroatoms. The van der Waals surface area contributed by atoms with E-state index in [-0.39, 0.29) is 23.0 Å². The molecule has 0 N–H and O–H groups in total. The van der Waals surface area contributed by atoms with Crippen molar-refractivity contribution in [2.45, 2.75) is 45.4 Å². The molecule has 1 fully saturated rings. The van der Waals surface area contributed by atoms with Gasteiger partial charge in [0.2, 0.25) is 5.24 Å². The first-order valence-corrected chi connectivity index (χ1v) is 6.39. The van der Waals surface area contributed by atoms with E-state index >= 15 is 0 Å². The molecule has 0 unspecified atom stereocenters. The number of carbonyl (C=O) groups excluding carboxylic acids is 2. The highest BCUT2D eigenvalue weighted by molar-refractivity contribution is 6.63. The van der Waals surface area contributed by atoms with Gasteiger partial charge in [0, 0.05) is 5.92 Å².